The second-order valence-electron chi connectivity index (χ2n) is 3.26. The summed E-state index contributed by atoms with van der Waals surface area (Å²) < 4.78 is 0. The van der Waals surface area contributed by atoms with Crippen LogP contribution in [-0.4, -0.2) is 23.0 Å². The highest BCUT2D eigenvalue weighted by Crippen LogP contribution is 1.99. The smallest absolute Gasteiger partial charge is 0.0545 e. The molecule has 0 fully saturated rings. The van der Waals surface area contributed by atoms with Gasteiger partial charge in [-0.1, -0.05) is 12.0 Å². The van der Waals surface area contributed by atoms with Crippen LogP contribution < -0.4 is 5.32 Å². The summed E-state index contributed by atoms with van der Waals surface area (Å²) in [7, 11) is 0. The molecule has 1 aromatic heterocycles. The summed E-state index contributed by atoms with van der Waals surface area (Å²) in [5.41, 5.74) is 2.28. The van der Waals surface area contributed by atoms with Crippen molar-refractivity contribution in [3.8, 4) is 12.3 Å². The van der Waals surface area contributed by atoms with Gasteiger partial charge in [0.2, 0.25) is 0 Å². The highest BCUT2D eigenvalue weighted by molar-refractivity contribution is 7.99. The van der Waals surface area contributed by atoms with Gasteiger partial charge in [0.15, 0.2) is 0 Å². The van der Waals surface area contributed by atoms with E-state index in [1.165, 1.54) is 5.56 Å². The van der Waals surface area contributed by atoms with Crippen molar-refractivity contribution in [2.75, 3.05) is 18.1 Å². The van der Waals surface area contributed by atoms with Gasteiger partial charge in [-0.05, 0) is 18.6 Å². The van der Waals surface area contributed by atoms with Crippen LogP contribution in [0.2, 0.25) is 0 Å². The van der Waals surface area contributed by atoms with Crippen molar-refractivity contribution in [2.24, 2.45) is 0 Å². The summed E-state index contributed by atoms with van der Waals surface area (Å²) >= 11 is 1.77. The lowest BCUT2D eigenvalue weighted by molar-refractivity contribution is 0.715. The largest absolute Gasteiger partial charge is 0.310 e. The highest BCUT2D eigenvalue weighted by Gasteiger charge is 1.93. The van der Waals surface area contributed by atoms with E-state index in [4.69, 9.17) is 6.42 Å². The van der Waals surface area contributed by atoms with Gasteiger partial charge in [-0.3, -0.25) is 4.98 Å². The molecule has 0 unspecified atom stereocenters. The number of aromatic nitrogens is 1. The Labute approximate surface area is 95.9 Å². The van der Waals surface area contributed by atoms with Crippen molar-refractivity contribution >= 4 is 11.8 Å². The molecule has 1 aromatic rings. The van der Waals surface area contributed by atoms with E-state index in [-0.39, 0.29) is 0 Å². The Morgan fingerprint density at radius 1 is 1.53 bits per heavy atom. The minimum Gasteiger partial charge on any atom is -0.310 e. The molecule has 1 N–H and O–H groups in total. The molecule has 0 saturated heterocycles. The third kappa shape index (κ3) is 5.46. The van der Waals surface area contributed by atoms with Gasteiger partial charge >= 0.3 is 0 Å². The van der Waals surface area contributed by atoms with E-state index < -0.39 is 0 Å². The van der Waals surface area contributed by atoms with Gasteiger partial charge in [0, 0.05) is 25.0 Å². The average Bonchev–Trinajstić information content (AvgIpc) is 2.26. The maximum Gasteiger partial charge on any atom is 0.0545 e. The Hall–Kier alpha value is -0.980. The fraction of sp³-hybridized carbons (Fsp3) is 0.417. The normalized spacial score (nSPS) is 9.87. The Kier molecular flexibility index (Phi) is 5.91. The predicted molar refractivity (Wildman–Crippen MR) is 66.8 cm³/mol. The minimum absolute atomic E-state index is 0.796. The molecule has 0 aromatic carbocycles. The van der Waals surface area contributed by atoms with Crippen LogP contribution in [0.15, 0.2) is 18.3 Å². The van der Waals surface area contributed by atoms with Crippen molar-refractivity contribution < 1.29 is 0 Å². The Balaban J connectivity index is 2.10. The lowest BCUT2D eigenvalue weighted by Gasteiger charge is -2.03. The molecule has 0 spiro atoms. The van der Waals surface area contributed by atoms with Crippen LogP contribution in [0.3, 0.4) is 0 Å². The molecule has 0 aliphatic heterocycles. The Morgan fingerprint density at radius 3 is 3.07 bits per heavy atom. The van der Waals surface area contributed by atoms with E-state index >= 15 is 0 Å². The summed E-state index contributed by atoms with van der Waals surface area (Å²) in [4.78, 5) is 4.31. The molecule has 0 aliphatic rings. The molecular formula is C12H16N2S. The second kappa shape index (κ2) is 7.33. The fourth-order valence-electron chi connectivity index (χ4n) is 1.09. The zero-order chi connectivity index (χ0) is 10.9. The first-order chi connectivity index (χ1) is 7.33. The zero-order valence-electron chi connectivity index (χ0n) is 8.99. The molecule has 80 valence electrons. The fourth-order valence-corrected chi connectivity index (χ4v) is 1.65. The first-order valence-electron chi connectivity index (χ1n) is 4.96. The first-order valence-corrected chi connectivity index (χ1v) is 6.12. The predicted octanol–water partition coefficient (Wildman–Crippen LogP) is 1.85. The molecule has 3 heteroatoms. The monoisotopic (exact) mass is 220 g/mol. The van der Waals surface area contributed by atoms with E-state index in [1.807, 2.05) is 13.1 Å². The average molecular weight is 220 g/mol. The molecular weight excluding hydrogens is 204 g/mol. The maximum atomic E-state index is 5.15. The summed E-state index contributed by atoms with van der Waals surface area (Å²) in [5.74, 6) is 4.45. The van der Waals surface area contributed by atoms with Crippen LogP contribution in [0.4, 0.5) is 0 Å². The first kappa shape index (κ1) is 12.1. The Morgan fingerprint density at radius 2 is 2.40 bits per heavy atom. The number of nitrogens with one attached hydrogen (secondary N) is 1. The SMILES string of the molecule is C#CCSCCNCc1ccc(C)cn1. The van der Waals surface area contributed by atoms with Gasteiger partial charge in [-0.2, -0.15) is 0 Å². The van der Waals surface area contributed by atoms with Crippen LogP contribution in [0.5, 0.6) is 0 Å². The minimum atomic E-state index is 0.796. The van der Waals surface area contributed by atoms with Gasteiger partial charge in [-0.25, -0.2) is 0 Å². The van der Waals surface area contributed by atoms with Crippen LogP contribution >= 0.6 is 11.8 Å². The molecule has 0 atom stereocenters. The number of aryl methyl sites for hydroxylation is 1. The molecule has 1 heterocycles. The summed E-state index contributed by atoms with van der Waals surface area (Å²) in [5, 5.41) is 3.33. The summed E-state index contributed by atoms with van der Waals surface area (Å²) in [6.45, 7) is 3.85. The number of thioether (sulfide) groups is 1. The quantitative estimate of drug-likeness (QED) is 0.585. The van der Waals surface area contributed by atoms with Crippen molar-refractivity contribution in [1.29, 1.82) is 0 Å². The molecule has 0 bridgehead atoms. The van der Waals surface area contributed by atoms with Crippen LogP contribution in [0.1, 0.15) is 11.3 Å². The van der Waals surface area contributed by atoms with Crippen LogP contribution in [0.25, 0.3) is 0 Å². The number of nitrogens with zero attached hydrogens (tertiary/aromatic N) is 1. The molecule has 2 nitrogen and oxygen atoms in total. The molecule has 0 amide bonds. The van der Waals surface area contributed by atoms with Gasteiger partial charge in [0.1, 0.15) is 0 Å². The van der Waals surface area contributed by atoms with Gasteiger partial charge < -0.3 is 5.32 Å². The number of rotatable bonds is 6. The Bertz CT molecular complexity index is 313. The standard InChI is InChI=1S/C12H16N2S/c1-3-7-15-8-6-13-10-12-5-4-11(2)9-14-12/h1,4-5,9,13H,6-8,10H2,2H3. The van der Waals surface area contributed by atoms with Crippen LogP contribution in [0, 0.1) is 19.3 Å². The zero-order valence-corrected chi connectivity index (χ0v) is 9.81. The van der Waals surface area contributed by atoms with Gasteiger partial charge in [0.05, 0.1) is 11.4 Å². The lowest BCUT2D eigenvalue weighted by atomic mass is 10.3. The number of pyridine rings is 1. The van der Waals surface area contributed by atoms with Crippen molar-refractivity contribution in [2.45, 2.75) is 13.5 Å². The van der Waals surface area contributed by atoms with Crippen molar-refractivity contribution in [1.82, 2.24) is 10.3 Å². The topological polar surface area (TPSA) is 24.9 Å². The summed E-state index contributed by atoms with van der Waals surface area (Å²) in [6, 6.07) is 4.13. The third-order valence-corrected chi connectivity index (χ3v) is 2.75. The highest BCUT2D eigenvalue weighted by atomic mass is 32.2. The lowest BCUT2D eigenvalue weighted by Crippen LogP contribution is -2.17. The van der Waals surface area contributed by atoms with Crippen molar-refractivity contribution in [3.63, 3.8) is 0 Å². The van der Waals surface area contributed by atoms with Crippen LogP contribution in [-0.2, 0) is 6.54 Å². The van der Waals surface area contributed by atoms with E-state index in [1.54, 1.807) is 11.8 Å². The maximum absolute atomic E-state index is 5.15. The van der Waals surface area contributed by atoms with Crippen molar-refractivity contribution in [3.05, 3.63) is 29.6 Å². The molecule has 1 rings (SSSR count). The number of hydrogen-bond acceptors (Lipinski definition) is 3. The van der Waals surface area contributed by atoms with E-state index in [2.05, 4.69) is 28.4 Å². The molecule has 15 heavy (non-hydrogen) atoms. The van der Waals surface area contributed by atoms with Gasteiger partial charge in [0.25, 0.3) is 0 Å². The van der Waals surface area contributed by atoms with E-state index in [0.717, 1.165) is 30.3 Å². The van der Waals surface area contributed by atoms with E-state index in [0.29, 0.717) is 0 Å². The number of terminal acetylenes is 1. The van der Waals surface area contributed by atoms with Gasteiger partial charge in [-0.15, -0.1) is 18.2 Å². The molecule has 0 radical (unpaired) electrons. The van der Waals surface area contributed by atoms with E-state index in [9.17, 15) is 0 Å². The third-order valence-electron chi connectivity index (χ3n) is 1.89. The molecule has 0 aliphatic carbocycles. The molecule has 0 saturated carbocycles. The number of hydrogen-bond donors (Lipinski definition) is 1. The second-order valence-corrected chi connectivity index (χ2v) is 4.37. The summed E-state index contributed by atoms with van der Waals surface area (Å²) in [6.07, 6.45) is 7.04.